The highest BCUT2D eigenvalue weighted by Gasteiger charge is 2.33. The minimum atomic E-state index is -1.17. The van der Waals surface area contributed by atoms with Crippen molar-refractivity contribution in [3.63, 3.8) is 0 Å². The lowest BCUT2D eigenvalue weighted by molar-refractivity contribution is -0.207. The van der Waals surface area contributed by atoms with Gasteiger partial charge >= 0.3 is 0 Å². The normalized spacial score (nSPS) is 45.8. The molecule has 66 valence electrons. The minimum Gasteiger partial charge on any atom is -0.394 e. The van der Waals surface area contributed by atoms with Crippen LogP contribution in [0.3, 0.4) is 0 Å². The molecule has 0 amide bonds. The fourth-order valence-corrected chi connectivity index (χ4v) is 1.08. The van der Waals surface area contributed by atoms with Crippen molar-refractivity contribution in [3.05, 3.63) is 0 Å². The van der Waals surface area contributed by atoms with E-state index in [9.17, 15) is 5.11 Å². The molecule has 5 heteroatoms. The Bertz CT molecular complexity index is 120. The largest absolute Gasteiger partial charge is 0.394 e. The van der Waals surface area contributed by atoms with Crippen LogP contribution in [0.25, 0.3) is 0 Å². The molecule has 0 aromatic rings. The van der Waals surface area contributed by atoms with Gasteiger partial charge in [-0.15, -0.1) is 0 Å². The van der Waals surface area contributed by atoms with E-state index in [4.69, 9.17) is 20.7 Å². The molecule has 5 N–H and O–H groups in total. The van der Waals surface area contributed by atoms with Crippen LogP contribution >= 0.6 is 0 Å². The van der Waals surface area contributed by atoms with E-state index >= 15 is 0 Å². The second-order valence-electron chi connectivity index (χ2n) is 2.71. The van der Waals surface area contributed by atoms with Crippen molar-refractivity contribution in [2.45, 2.75) is 31.0 Å². The maximum absolute atomic E-state index is 9.17. The summed E-state index contributed by atoms with van der Waals surface area (Å²) in [4.78, 5) is 0. The molecule has 1 saturated heterocycles. The highest BCUT2D eigenvalue weighted by Crippen LogP contribution is 2.16. The second kappa shape index (κ2) is 3.46. The van der Waals surface area contributed by atoms with Gasteiger partial charge in [0.1, 0.15) is 0 Å². The van der Waals surface area contributed by atoms with Crippen LogP contribution in [0.1, 0.15) is 6.42 Å². The van der Waals surface area contributed by atoms with Gasteiger partial charge < -0.3 is 25.8 Å². The van der Waals surface area contributed by atoms with Gasteiger partial charge in [0.25, 0.3) is 0 Å². The topological polar surface area (TPSA) is 95.9 Å². The molecule has 1 heterocycles. The molecule has 0 spiro atoms. The highest BCUT2D eigenvalue weighted by molar-refractivity contribution is 4.82. The van der Waals surface area contributed by atoms with Crippen molar-refractivity contribution in [2.75, 3.05) is 6.61 Å². The fourth-order valence-electron chi connectivity index (χ4n) is 1.08. The van der Waals surface area contributed by atoms with E-state index in [0.29, 0.717) is 0 Å². The number of rotatable bonds is 1. The average Bonchev–Trinajstić information content (AvgIpc) is 1.99. The van der Waals surface area contributed by atoms with Crippen molar-refractivity contribution in [3.8, 4) is 0 Å². The molecule has 0 unspecified atom stereocenters. The lowest BCUT2D eigenvalue weighted by Gasteiger charge is -2.34. The Morgan fingerprint density at radius 2 is 2.09 bits per heavy atom. The fraction of sp³-hybridized carbons (Fsp3) is 1.00. The van der Waals surface area contributed by atoms with Gasteiger partial charge in [-0.05, 0) is 0 Å². The Kier molecular flexibility index (Phi) is 2.80. The molecule has 0 aliphatic carbocycles. The Balaban J connectivity index is 2.47. The zero-order chi connectivity index (χ0) is 8.43. The van der Waals surface area contributed by atoms with Crippen LogP contribution in [0.5, 0.6) is 0 Å². The van der Waals surface area contributed by atoms with E-state index in [1.807, 2.05) is 0 Å². The molecule has 0 bridgehead atoms. The Morgan fingerprint density at radius 1 is 1.45 bits per heavy atom. The van der Waals surface area contributed by atoms with Gasteiger partial charge in [-0.3, -0.25) is 0 Å². The number of nitrogens with two attached hydrogens (primary N) is 1. The first-order valence-electron chi connectivity index (χ1n) is 3.53. The molecule has 1 aliphatic rings. The maximum atomic E-state index is 9.17. The van der Waals surface area contributed by atoms with Crippen LogP contribution in [0, 0.1) is 0 Å². The first-order valence-corrected chi connectivity index (χ1v) is 3.53. The minimum absolute atomic E-state index is 0.207. The third-order valence-electron chi connectivity index (χ3n) is 1.81. The van der Waals surface area contributed by atoms with E-state index in [0.717, 1.165) is 0 Å². The van der Waals surface area contributed by atoms with E-state index in [-0.39, 0.29) is 13.0 Å². The molecule has 0 saturated carbocycles. The molecule has 0 radical (unpaired) electrons. The molecule has 0 aromatic carbocycles. The molecular formula is C6H13NO4. The van der Waals surface area contributed by atoms with E-state index in [1.54, 1.807) is 0 Å². The summed E-state index contributed by atoms with van der Waals surface area (Å²) in [6.07, 6.45) is -2.19. The molecule has 1 aliphatic heterocycles. The number of ether oxygens (including phenoxy) is 1. The van der Waals surface area contributed by atoms with Crippen LogP contribution in [0.2, 0.25) is 0 Å². The smallest absolute Gasteiger partial charge is 0.172 e. The first-order chi connectivity index (χ1) is 5.15. The van der Waals surface area contributed by atoms with E-state index in [2.05, 4.69) is 0 Å². The van der Waals surface area contributed by atoms with Crippen LogP contribution in [0.15, 0.2) is 0 Å². The summed E-state index contributed by atoms with van der Waals surface area (Å²) in [5.41, 5.74) is 5.33. The summed E-state index contributed by atoms with van der Waals surface area (Å²) >= 11 is 0. The predicted octanol–water partition coefficient (Wildman–Crippen LogP) is -2.23. The summed E-state index contributed by atoms with van der Waals surface area (Å²) in [7, 11) is 0. The van der Waals surface area contributed by atoms with E-state index in [1.165, 1.54) is 0 Å². The maximum Gasteiger partial charge on any atom is 0.172 e. The third-order valence-corrected chi connectivity index (χ3v) is 1.81. The summed E-state index contributed by atoms with van der Waals surface area (Å²) in [5.74, 6) is 0. The van der Waals surface area contributed by atoms with Crippen molar-refractivity contribution >= 4 is 0 Å². The van der Waals surface area contributed by atoms with Gasteiger partial charge in [-0.2, -0.15) is 0 Å². The monoisotopic (exact) mass is 163 g/mol. The van der Waals surface area contributed by atoms with Gasteiger partial charge in [0, 0.05) is 6.42 Å². The summed E-state index contributed by atoms with van der Waals surface area (Å²) < 4.78 is 4.84. The Hall–Kier alpha value is -0.200. The number of aliphatic hydroxyl groups is 3. The van der Waals surface area contributed by atoms with Crippen molar-refractivity contribution in [1.82, 2.24) is 0 Å². The van der Waals surface area contributed by atoms with Crippen LogP contribution in [-0.2, 0) is 4.74 Å². The number of hydrogen-bond donors (Lipinski definition) is 4. The van der Waals surface area contributed by atoms with Gasteiger partial charge in [-0.25, -0.2) is 0 Å². The van der Waals surface area contributed by atoms with Gasteiger partial charge in [0.05, 0.1) is 24.9 Å². The van der Waals surface area contributed by atoms with Crippen molar-refractivity contribution < 1.29 is 20.1 Å². The number of hydrogen-bond acceptors (Lipinski definition) is 5. The summed E-state index contributed by atoms with van der Waals surface area (Å²) in [6, 6.07) is -0.766. The van der Waals surface area contributed by atoms with Gasteiger partial charge in [-0.1, -0.05) is 0 Å². The second-order valence-corrected chi connectivity index (χ2v) is 2.71. The zero-order valence-electron chi connectivity index (χ0n) is 6.05. The molecule has 4 atom stereocenters. The summed E-state index contributed by atoms with van der Waals surface area (Å²) in [6.45, 7) is -0.207. The van der Waals surface area contributed by atoms with Crippen LogP contribution in [-0.4, -0.2) is 46.5 Å². The van der Waals surface area contributed by atoms with Crippen molar-refractivity contribution in [1.29, 1.82) is 0 Å². The molecule has 5 nitrogen and oxygen atoms in total. The first kappa shape index (κ1) is 8.89. The van der Waals surface area contributed by atoms with Gasteiger partial charge in [0.2, 0.25) is 0 Å². The quantitative estimate of drug-likeness (QED) is 0.351. The molecule has 1 rings (SSSR count). The lowest BCUT2D eigenvalue weighted by atomic mass is 10.0. The lowest BCUT2D eigenvalue weighted by Crippen LogP contribution is -2.53. The third kappa shape index (κ3) is 1.88. The summed E-state index contributed by atoms with van der Waals surface area (Å²) in [5, 5.41) is 26.8. The predicted molar refractivity (Wildman–Crippen MR) is 36.6 cm³/mol. The molecular weight excluding hydrogens is 150 g/mol. The van der Waals surface area contributed by atoms with Crippen LogP contribution in [0.4, 0.5) is 0 Å². The highest BCUT2D eigenvalue weighted by atomic mass is 16.6. The van der Waals surface area contributed by atoms with Crippen LogP contribution < -0.4 is 5.73 Å². The standard InChI is InChI=1S/C6H13NO4/c7-5-4(9)1-3(2-8)11-6(5)10/h3-6,8-10H,1-2,7H2/t3-,4-,5-,6+/m0/s1. The average molecular weight is 163 g/mol. The Morgan fingerprint density at radius 3 is 2.55 bits per heavy atom. The SMILES string of the molecule is N[C@@H]1[C@H](O)O[C@H](CO)C[C@@H]1O. The van der Waals surface area contributed by atoms with Gasteiger partial charge in [0.15, 0.2) is 6.29 Å². The van der Waals surface area contributed by atoms with E-state index < -0.39 is 24.5 Å². The Labute approximate surface area is 64.4 Å². The molecule has 1 fully saturated rings. The molecule has 11 heavy (non-hydrogen) atoms. The number of aliphatic hydroxyl groups excluding tert-OH is 3. The van der Waals surface area contributed by atoms with Crippen molar-refractivity contribution in [2.24, 2.45) is 5.73 Å². The molecule has 0 aromatic heterocycles. The zero-order valence-corrected chi connectivity index (χ0v) is 6.05.